The molecule has 2 N–H and O–H groups in total. The number of halogens is 2. The Morgan fingerprint density at radius 2 is 2.00 bits per heavy atom. The maximum Gasteiger partial charge on any atom is 0.137 e. The van der Waals surface area contributed by atoms with Crippen LogP contribution in [0.3, 0.4) is 0 Å². The molecule has 0 saturated carbocycles. The average molecular weight is 384 g/mol. The number of hydrogen-bond donors (Lipinski definition) is 1. The van der Waals surface area contributed by atoms with Crippen LogP contribution in [0, 0.1) is 5.82 Å². The molecule has 0 radical (unpaired) electrons. The maximum atomic E-state index is 13.8. The van der Waals surface area contributed by atoms with E-state index in [1.807, 2.05) is 36.6 Å². The van der Waals surface area contributed by atoms with Gasteiger partial charge >= 0.3 is 0 Å². The van der Waals surface area contributed by atoms with E-state index in [1.54, 1.807) is 12.1 Å². The van der Waals surface area contributed by atoms with Gasteiger partial charge in [-0.05, 0) is 57.3 Å². The zero-order chi connectivity index (χ0) is 16.7. The van der Waals surface area contributed by atoms with Crippen LogP contribution >= 0.6 is 15.9 Å². The van der Waals surface area contributed by atoms with Crippen LogP contribution in [0.15, 0.2) is 68.6 Å². The van der Waals surface area contributed by atoms with Crippen LogP contribution in [-0.4, -0.2) is 18.6 Å². The molecule has 120 valence electrons. The number of nitrogens with zero attached hydrogens (tertiary/aromatic N) is 2. The predicted octanol–water partition coefficient (Wildman–Crippen LogP) is 3.95. The summed E-state index contributed by atoms with van der Waals surface area (Å²) in [5.41, 5.74) is 9.49. The Balaban J connectivity index is 2.04. The second kappa shape index (κ2) is 5.67. The van der Waals surface area contributed by atoms with Crippen molar-refractivity contribution in [3.63, 3.8) is 0 Å². The lowest BCUT2D eigenvalue weighted by molar-refractivity contribution is 0.601. The molecule has 2 aliphatic rings. The molecule has 2 heterocycles. The molecular weight excluding hydrogens is 369 g/mol. The van der Waals surface area contributed by atoms with E-state index in [2.05, 4.69) is 20.9 Å². The van der Waals surface area contributed by atoms with Crippen LogP contribution in [-0.2, 0) is 5.54 Å². The van der Waals surface area contributed by atoms with Gasteiger partial charge in [0.25, 0.3) is 0 Å². The lowest BCUT2D eigenvalue weighted by Crippen LogP contribution is -2.28. The Labute approximate surface area is 148 Å². The third-order valence-corrected chi connectivity index (χ3v) is 5.18. The number of nitrogens with two attached hydrogens (primary N) is 1. The van der Waals surface area contributed by atoms with Crippen molar-refractivity contribution < 1.29 is 4.39 Å². The fourth-order valence-electron chi connectivity index (χ4n) is 3.48. The summed E-state index contributed by atoms with van der Waals surface area (Å²) in [6.07, 6.45) is 4.60. The number of aliphatic imine (C=N–C) groups is 2. The maximum absolute atomic E-state index is 13.8. The van der Waals surface area contributed by atoms with E-state index in [0.29, 0.717) is 16.9 Å². The van der Waals surface area contributed by atoms with E-state index in [9.17, 15) is 4.39 Å². The second-order valence-electron chi connectivity index (χ2n) is 5.88. The molecule has 0 aromatic heterocycles. The molecule has 24 heavy (non-hydrogen) atoms. The molecule has 3 nitrogen and oxygen atoms in total. The number of amidine groups is 1. The summed E-state index contributed by atoms with van der Waals surface area (Å²) in [4.78, 5) is 9.15. The van der Waals surface area contributed by atoms with Gasteiger partial charge in [0.1, 0.15) is 17.2 Å². The fraction of sp³-hybridized carbons (Fsp3) is 0.158. The quantitative estimate of drug-likeness (QED) is 0.838. The summed E-state index contributed by atoms with van der Waals surface area (Å²) in [6.45, 7) is 0.716. The van der Waals surface area contributed by atoms with Gasteiger partial charge in [-0.2, -0.15) is 0 Å². The molecular formula is C19H15BrFN3. The zero-order valence-corrected chi connectivity index (χ0v) is 14.4. The Kier molecular flexibility index (Phi) is 3.61. The van der Waals surface area contributed by atoms with Gasteiger partial charge in [-0.15, -0.1) is 0 Å². The normalized spacial score (nSPS) is 22.1. The summed E-state index contributed by atoms with van der Waals surface area (Å²) >= 11 is 3.30. The molecule has 1 unspecified atom stereocenters. The molecule has 4 rings (SSSR count). The summed E-state index contributed by atoms with van der Waals surface area (Å²) in [5, 5.41) is 0. The van der Waals surface area contributed by atoms with Crippen molar-refractivity contribution in [1.82, 2.24) is 0 Å². The van der Waals surface area contributed by atoms with Crippen molar-refractivity contribution in [2.45, 2.75) is 12.0 Å². The summed E-state index contributed by atoms with van der Waals surface area (Å²) in [6, 6.07) is 13.0. The van der Waals surface area contributed by atoms with Crippen molar-refractivity contribution >= 4 is 28.0 Å². The van der Waals surface area contributed by atoms with Crippen molar-refractivity contribution in [2.75, 3.05) is 6.54 Å². The largest absolute Gasteiger partial charge is 0.383 e. The summed E-state index contributed by atoms with van der Waals surface area (Å²) < 4.78 is 14.2. The number of fused-ring (bicyclic) bond motifs is 1. The first-order valence-corrected chi connectivity index (χ1v) is 8.52. The highest BCUT2D eigenvalue weighted by Gasteiger charge is 2.44. The third-order valence-electron chi connectivity index (χ3n) is 4.57. The number of rotatable bonds is 2. The summed E-state index contributed by atoms with van der Waals surface area (Å²) in [5.74, 6) is 0.214. The number of benzene rings is 2. The van der Waals surface area contributed by atoms with Gasteiger partial charge in [-0.1, -0.05) is 30.3 Å². The van der Waals surface area contributed by atoms with Crippen LogP contribution in [0.25, 0.3) is 0 Å². The van der Waals surface area contributed by atoms with Gasteiger partial charge in [0.15, 0.2) is 0 Å². The standard InChI is InChI=1S/C19H15BrFN3/c20-16-11-13(5-6-17(16)21)19(12-7-9-23-10-8-12)15-4-2-1-3-14(15)18(22)24-19/h1-7,9,11H,8,10H2,(H2,22,24). The van der Waals surface area contributed by atoms with Gasteiger partial charge in [0.2, 0.25) is 0 Å². The topological polar surface area (TPSA) is 50.7 Å². The van der Waals surface area contributed by atoms with E-state index in [-0.39, 0.29) is 5.82 Å². The van der Waals surface area contributed by atoms with Crippen molar-refractivity contribution in [3.8, 4) is 0 Å². The van der Waals surface area contributed by atoms with Crippen LogP contribution < -0.4 is 5.73 Å². The van der Waals surface area contributed by atoms with Gasteiger partial charge in [0.05, 0.1) is 4.47 Å². The highest BCUT2D eigenvalue weighted by atomic mass is 79.9. The molecule has 0 spiro atoms. The van der Waals surface area contributed by atoms with Crippen LogP contribution in [0.1, 0.15) is 23.1 Å². The average Bonchev–Trinajstić information content (AvgIpc) is 2.92. The van der Waals surface area contributed by atoms with E-state index in [1.165, 1.54) is 6.07 Å². The Hall–Kier alpha value is -2.27. The first-order valence-electron chi connectivity index (χ1n) is 7.73. The van der Waals surface area contributed by atoms with Gasteiger partial charge in [-0.3, -0.25) is 4.99 Å². The predicted molar refractivity (Wildman–Crippen MR) is 98.1 cm³/mol. The molecule has 1 atom stereocenters. The smallest absolute Gasteiger partial charge is 0.137 e. The highest BCUT2D eigenvalue weighted by Crippen LogP contribution is 2.47. The molecule has 2 aromatic rings. The monoisotopic (exact) mass is 383 g/mol. The molecule has 0 saturated heterocycles. The Bertz CT molecular complexity index is 917. The number of allylic oxidation sites excluding steroid dienone is 1. The van der Waals surface area contributed by atoms with Crippen LogP contribution in [0.5, 0.6) is 0 Å². The fourth-order valence-corrected chi connectivity index (χ4v) is 3.86. The minimum atomic E-state index is -0.719. The van der Waals surface area contributed by atoms with Crippen LogP contribution in [0.4, 0.5) is 4.39 Å². The first-order chi connectivity index (χ1) is 11.6. The minimum Gasteiger partial charge on any atom is -0.383 e. The van der Waals surface area contributed by atoms with Gasteiger partial charge in [-0.25, -0.2) is 9.38 Å². The highest BCUT2D eigenvalue weighted by molar-refractivity contribution is 9.10. The van der Waals surface area contributed by atoms with Gasteiger partial charge < -0.3 is 5.73 Å². The molecule has 0 aliphatic carbocycles. The summed E-state index contributed by atoms with van der Waals surface area (Å²) in [7, 11) is 0. The Morgan fingerprint density at radius 3 is 2.75 bits per heavy atom. The van der Waals surface area contributed by atoms with E-state index < -0.39 is 5.54 Å². The number of dihydropyridines is 1. The molecule has 0 bridgehead atoms. The SMILES string of the molecule is NC1=NC(C2=CC=NCC2)(c2ccc(F)c(Br)c2)c2ccccc21. The lowest BCUT2D eigenvalue weighted by atomic mass is 9.75. The molecule has 0 fully saturated rings. The Morgan fingerprint density at radius 1 is 1.17 bits per heavy atom. The molecule has 0 amide bonds. The van der Waals surface area contributed by atoms with E-state index in [0.717, 1.165) is 28.7 Å². The second-order valence-corrected chi connectivity index (χ2v) is 6.73. The van der Waals surface area contributed by atoms with E-state index >= 15 is 0 Å². The van der Waals surface area contributed by atoms with Crippen molar-refractivity contribution in [1.29, 1.82) is 0 Å². The van der Waals surface area contributed by atoms with Crippen LogP contribution in [0.2, 0.25) is 0 Å². The van der Waals surface area contributed by atoms with Crippen molar-refractivity contribution in [2.24, 2.45) is 15.7 Å². The van der Waals surface area contributed by atoms with Crippen molar-refractivity contribution in [3.05, 3.63) is 81.1 Å². The first kappa shape index (κ1) is 15.3. The third kappa shape index (κ3) is 2.15. The number of hydrogen-bond acceptors (Lipinski definition) is 3. The van der Waals surface area contributed by atoms with Gasteiger partial charge in [0, 0.05) is 18.3 Å². The van der Waals surface area contributed by atoms with E-state index in [4.69, 9.17) is 10.7 Å². The molecule has 2 aliphatic heterocycles. The zero-order valence-electron chi connectivity index (χ0n) is 12.8. The molecule has 5 heteroatoms. The minimum absolute atomic E-state index is 0.295. The lowest BCUT2D eigenvalue weighted by Gasteiger charge is -2.32. The molecule has 2 aromatic carbocycles.